The molecule has 0 amide bonds. The lowest BCUT2D eigenvalue weighted by molar-refractivity contribution is 0.0207. The summed E-state index contributed by atoms with van der Waals surface area (Å²) in [5.41, 5.74) is 2.05. The van der Waals surface area contributed by atoms with Crippen molar-refractivity contribution in [1.82, 2.24) is 0 Å². The van der Waals surface area contributed by atoms with Crippen molar-refractivity contribution in [1.29, 1.82) is 0 Å². The summed E-state index contributed by atoms with van der Waals surface area (Å²) in [7, 11) is 0. The first kappa shape index (κ1) is 13.6. The van der Waals surface area contributed by atoms with Crippen LogP contribution in [0.3, 0.4) is 0 Å². The Hall–Kier alpha value is -0.820. The summed E-state index contributed by atoms with van der Waals surface area (Å²) in [5.74, 6) is 0. The predicted molar refractivity (Wildman–Crippen MR) is 76.7 cm³/mol. The number of hydrogen-bond acceptors (Lipinski definition) is 1. The summed E-state index contributed by atoms with van der Waals surface area (Å²) in [4.78, 5) is 0. The SMILES string of the molecule is CC(C)(C)c1ccc(C2(O)CCCCCC2)cc1. The largest absolute Gasteiger partial charge is 0.385 e. The Morgan fingerprint density at radius 3 is 1.83 bits per heavy atom. The molecule has 1 aliphatic rings. The third-order valence-electron chi connectivity index (χ3n) is 4.22. The van der Waals surface area contributed by atoms with E-state index in [1.165, 1.54) is 18.4 Å². The summed E-state index contributed by atoms with van der Waals surface area (Å²) in [6.07, 6.45) is 6.67. The predicted octanol–water partition coefficient (Wildman–Crippen LogP) is 4.53. The molecule has 2 rings (SSSR count). The molecule has 1 heteroatoms. The molecule has 0 bridgehead atoms. The standard InChI is InChI=1S/C17H26O/c1-16(2,3)14-8-10-15(11-9-14)17(18)12-6-4-5-7-13-17/h8-11,18H,4-7,12-13H2,1-3H3. The van der Waals surface area contributed by atoms with Crippen molar-refractivity contribution in [3.8, 4) is 0 Å². The fraction of sp³-hybridized carbons (Fsp3) is 0.647. The van der Waals surface area contributed by atoms with Gasteiger partial charge in [0.2, 0.25) is 0 Å². The molecule has 100 valence electrons. The van der Waals surface area contributed by atoms with Crippen molar-refractivity contribution in [3.63, 3.8) is 0 Å². The van der Waals surface area contributed by atoms with E-state index in [0.717, 1.165) is 31.2 Å². The fourth-order valence-electron chi connectivity index (χ4n) is 2.88. The minimum absolute atomic E-state index is 0.185. The van der Waals surface area contributed by atoms with Crippen LogP contribution in [-0.2, 0) is 11.0 Å². The number of rotatable bonds is 1. The van der Waals surface area contributed by atoms with Crippen LogP contribution in [0.2, 0.25) is 0 Å². The normalized spacial score (nSPS) is 20.4. The molecular formula is C17H26O. The molecule has 1 saturated carbocycles. The molecule has 1 N–H and O–H groups in total. The third-order valence-corrected chi connectivity index (χ3v) is 4.22. The van der Waals surface area contributed by atoms with Gasteiger partial charge in [-0.05, 0) is 29.4 Å². The lowest BCUT2D eigenvalue weighted by Gasteiger charge is -2.28. The first-order valence-corrected chi connectivity index (χ1v) is 7.25. The zero-order chi connectivity index (χ0) is 13.2. The molecule has 1 aromatic carbocycles. The highest BCUT2D eigenvalue weighted by atomic mass is 16.3. The Bertz CT molecular complexity index is 375. The number of hydrogen-bond donors (Lipinski definition) is 1. The van der Waals surface area contributed by atoms with Gasteiger partial charge in [0.15, 0.2) is 0 Å². The second kappa shape index (κ2) is 5.05. The molecule has 1 fully saturated rings. The Morgan fingerprint density at radius 1 is 0.889 bits per heavy atom. The highest BCUT2D eigenvalue weighted by molar-refractivity contribution is 5.31. The molecule has 1 nitrogen and oxygen atoms in total. The monoisotopic (exact) mass is 246 g/mol. The van der Waals surface area contributed by atoms with Gasteiger partial charge >= 0.3 is 0 Å². The average Bonchev–Trinajstić information content (AvgIpc) is 2.54. The van der Waals surface area contributed by atoms with Gasteiger partial charge in [-0.2, -0.15) is 0 Å². The second-order valence-electron chi connectivity index (χ2n) is 6.77. The summed E-state index contributed by atoms with van der Waals surface area (Å²) in [5, 5.41) is 10.8. The smallest absolute Gasteiger partial charge is 0.0896 e. The minimum Gasteiger partial charge on any atom is -0.385 e. The lowest BCUT2D eigenvalue weighted by Crippen LogP contribution is -2.25. The van der Waals surface area contributed by atoms with E-state index in [9.17, 15) is 5.11 Å². The van der Waals surface area contributed by atoms with E-state index in [1.807, 2.05) is 0 Å². The van der Waals surface area contributed by atoms with Gasteiger partial charge < -0.3 is 5.11 Å². The molecule has 0 atom stereocenters. The maximum atomic E-state index is 10.8. The van der Waals surface area contributed by atoms with Gasteiger partial charge in [0.05, 0.1) is 5.60 Å². The summed E-state index contributed by atoms with van der Waals surface area (Å²) in [6.45, 7) is 6.67. The van der Waals surface area contributed by atoms with E-state index in [2.05, 4.69) is 45.0 Å². The van der Waals surface area contributed by atoms with Crippen molar-refractivity contribution in [2.24, 2.45) is 0 Å². The molecular weight excluding hydrogens is 220 g/mol. The molecule has 1 aromatic rings. The molecule has 0 spiro atoms. The molecule has 0 saturated heterocycles. The van der Waals surface area contributed by atoms with E-state index < -0.39 is 5.60 Å². The maximum absolute atomic E-state index is 10.8. The zero-order valence-electron chi connectivity index (χ0n) is 12.0. The van der Waals surface area contributed by atoms with Crippen molar-refractivity contribution in [2.75, 3.05) is 0 Å². The van der Waals surface area contributed by atoms with Crippen LogP contribution in [0.5, 0.6) is 0 Å². The van der Waals surface area contributed by atoms with Crippen LogP contribution in [0, 0.1) is 0 Å². The van der Waals surface area contributed by atoms with Crippen molar-refractivity contribution in [2.45, 2.75) is 70.3 Å². The van der Waals surface area contributed by atoms with Crippen LogP contribution >= 0.6 is 0 Å². The molecule has 18 heavy (non-hydrogen) atoms. The summed E-state index contributed by atoms with van der Waals surface area (Å²) >= 11 is 0. The van der Waals surface area contributed by atoms with Gasteiger partial charge in [-0.25, -0.2) is 0 Å². The number of aliphatic hydroxyl groups is 1. The molecule has 0 aliphatic heterocycles. The van der Waals surface area contributed by atoms with E-state index in [0.29, 0.717) is 0 Å². The topological polar surface area (TPSA) is 20.2 Å². The van der Waals surface area contributed by atoms with Crippen molar-refractivity contribution < 1.29 is 5.11 Å². The average molecular weight is 246 g/mol. The van der Waals surface area contributed by atoms with E-state index in [1.54, 1.807) is 0 Å². The van der Waals surface area contributed by atoms with Gasteiger partial charge in [0, 0.05) is 0 Å². The zero-order valence-corrected chi connectivity index (χ0v) is 12.0. The van der Waals surface area contributed by atoms with Crippen molar-refractivity contribution >= 4 is 0 Å². The summed E-state index contributed by atoms with van der Waals surface area (Å²) < 4.78 is 0. The first-order valence-electron chi connectivity index (χ1n) is 7.25. The van der Waals surface area contributed by atoms with Crippen LogP contribution in [0.25, 0.3) is 0 Å². The van der Waals surface area contributed by atoms with E-state index in [-0.39, 0.29) is 5.41 Å². The van der Waals surface area contributed by atoms with Crippen LogP contribution in [0.4, 0.5) is 0 Å². The van der Waals surface area contributed by atoms with Gasteiger partial charge in [0.1, 0.15) is 0 Å². The van der Waals surface area contributed by atoms with Gasteiger partial charge in [-0.3, -0.25) is 0 Å². The van der Waals surface area contributed by atoms with Crippen LogP contribution in [0.15, 0.2) is 24.3 Å². The maximum Gasteiger partial charge on any atom is 0.0896 e. The van der Waals surface area contributed by atoms with E-state index in [4.69, 9.17) is 0 Å². The van der Waals surface area contributed by atoms with Crippen LogP contribution in [0.1, 0.15) is 70.4 Å². The Morgan fingerprint density at radius 2 is 1.39 bits per heavy atom. The summed E-state index contributed by atoms with van der Waals surface area (Å²) in [6, 6.07) is 8.62. The van der Waals surface area contributed by atoms with Crippen LogP contribution < -0.4 is 0 Å². The minimum atomic E-state index is -0.576. The molecule has 0 aromatic heterocycles. The van der Waals surface area contributed by atoms with E-state index >= 15 is 0 Å². The van der Waals surface area contributed by atoms with Gasteiger partial charge in [-0.1, -0.05) is 70.7 Å². The molecule has 0 radical (unpaired) electrons. The lowest BCUT2D eigenvalue weighted by atomic mass is 9.82. The third kappa shape index (κ3) is 2.95. The Balaban J connectivity index is 2.22. The molecule has 0 heterocycles. The molecule has 0 unspecified atom stereocenters. The fourth-order valence-corrected chi connectivity index (χ4v) is 2.88. The quantitative estimate of drug-likeness (QED) is 0.722. The van der Waals surface area contributed by atoms with Gasteiger partial charge in [0.25, 0.3) is 0 Å². The second-order valence-corrected chi connectivity index (χ2v) is 6.77. The Kier molecular flexibility index (Phi) is 3.82. The highest BCUT2D eigenvalue weighted by Crippen LogP contribution is 2.36. The first-order chi connectivity index (χ1) is 8.42. The van der Waals surface area contributed by atoms with Crippen molar-refractivity contribution in [3.05, 3.63) is 35.4 Å². The molecule has 1 aliphatic carbocycles. The number of benzene rings is 1. The van der Waals surface area contributed by atoms with Gasteiger partial charge in [-0.15, -0.1) is 0 Å². The Labute approximate surface area is 111 Å². The van der Waals surface area contributed by atoms with Crippen LogP contribution in [-0.4, -0.2) is 5.11 Å². The highest BCUT2D eigenvalue weighted by Gasteiger charge is 2.30.